The molecule has 0 aliphatic rings. The van der Waals surface area contributed by atoms with E-state index >= 15 is 0 Å². The minimum Gasteiger partial charge on any atom is -0.388 e. The van der Waals surface area contributed by atoms with Crippen LogP contribution in [-0.2, 0) is 0 Å². The van der Waals surface area contributed by atoms with Crippen molar-refractivity contribution in [2.75, 3.05) is 0 Å². The highest BCUT2D eigenvalue weighted by Crippen LogP contribution is 2.27. The number of benzene rings is 1. The number of aliphatic hydroxyl groups is 1. The highest BCUT2D eigenvalue weighted by Gasteiger charge is 2.38. The summed E-state index contributed by atoms with van der Waals surface area (Å²) in [5.41, 5.74) is 4.65. The maximum atomic E-state index is 12.8. The van der Waals surface area contributed by atoms with Crippen LogP contribution in [-0.4, -0.2) is 17.3 Å². The lowest BCUT2D eigenvalue weighted by Gasteiger charge is -2.19. The Morgan fingerprint density at radius 3 is 2.24 bits per heavy atom. The molecule has 3 N–H and O–H groups in total. The Balaban J connectivity index is 2.76. The SMILES string of the molecule is N[C@H](C[C@H](O)c1ccc(F)c(F)c1)C(F)(F)F. The van der Waals surface area contributed by atoms with E-state index in [4.69, 9.17) is 5.73 Å². The molecule has 0 saturated heterocycles. The van der Waals surface area contributed by atoms with Crippen molar-refractivity contribution in [1.82, 2.24) is 0 Å². The van der Waals surface area contributed by atoms with E-state index in [2.05, 4.69) is 0 Å². The Labute approximate surface area is 93.9 Å². The number of hydrogen-bond acceptors (Lipinski definition) is 2. The van der Waals surface area contributed by atoms with Gasteiger partial charge in [-0.1, -0.05) is 6.07 Å². The molecule has 0 heterocycles. The van der Waals surface area contributed by atoms with Crippen LogP contribution in [0.3, 0.4) is 0 Å². The molecule has 2 atom stereocenters. The molecule has 0 unspecified atom stereocenters. The number of aliphatic hydroxyl groups excluding tert-OH is 1. The second-order valence-corrected chi connectivity index (χ2v) is 3.57. The van der Waals surface area contributed by atoms with Crippen LogP contribution in [0.2, 0.25) is 0 Å². The molecule has 1 aromatic rings. The van der Waals surface area contributed by atoms with Crippen molar-refractivity contribution in [1.29, 1.82) is 0 Å². The summed E-state index contributed by atoms with van der Waals surface area (Å²) in [6.07, 6.45) is -7.05. The van der Waals surface area contributed by atoms with Crippen LogP contribution in [0.25, 0.3) is 0 Å². The number of alkyl halides is 3. The molecule has 0 amide bonds. The topological polar surface area (TPSA) is 46.2 Å². The number of halogens is 5. The molecule has 0 aromatic heterocycles. The highest BCUT2D eigenvalue weighted by molar-refractivity contribution is 5.20. The molecule has 0 aliphatic carbocycles. The van der Waals surface area contributed by atoms with Gasteiger partial charge in [0, 0.05) is 6.42 Å². The third-order valence-electron chi connectivity index (χ3n) is 2.23. The van der Waals surface area contributed by atoms with Crippen molar-refractivity contribution in [3.63, 3.8) is 0 Å². The molecule has 0 fully saturated rings. The van der Waals surface area contributed by atoms with Gasteiger partial charge in [-0.25, -0.2) is 8.78 Å². The number of hydrogen-bond donors (Lipinski definition) is 2. The van der Waals surface area contributed by atoms with Crippen LogP contribution in [0, 0.1) is 11.6 Å². The Morgan fingerprint density at radius 1 is 1.18 bits per heavy atom. The molecule has 0 bridgehead atoms. The van der Waals surface area contributed by atoms with E-state index in [9.17, 15) is 27.1 Å². The summed E-state index contributed by atoms with van der Waals surface area (Å²) in [5.74, 6) is -2.37. The molecule has 1 aromatic carbocycles. The largest absolute Gasteiger partial charge is 0.403 e. The van der Waals surface area contributed by atoms with Crippen molar-refractivity contribution < 1.29 is 27.1 Å². The Morgan fingerprint density at radius 2 is 1.76 bits per heavy atom. The maximum Gasteiger partial charge on any atom is 0.403 e. The van der Waals surface area contributed by atoms with Crippen molar-refractivity contribution >= 4 is 0 Å². The summed E-state index contributed by atoms with van der Waals surface area (Å²) in [4.78, 5) is 0. The van der Waals surface area contributed by atoms with Gasteiger partial charge in [0.15, 0.2) is 11.6 Å². The van der Waals surface area contributed by atoms with Gasteiger partial charge in [-0.2, -0.15) is 13.2 Å². The molecule has 17 heavy (non-hydrogen) atoms. The fourth-order valence-corrected chi connectivity index (χ4v) is 1.23. The van der Waals surface area contributed by atoms with E-state index in [0.717, 1.165) is 12.1 Å². The van der Waals surface area contributed by atoms with E-state index in [-0.39, 0.29) is 5.56 Å². The van der Waals surface area contributed by atoms with Gasteiger partial charge >= 0.3 is 6.18 Å². The maximum absolute atomic E-state index is 12.8. The third-order valence-corrected chi connectivity index (χ3v) is 2.23. The van der Waals surface area contributed by atoms with E-state index < -0.39 is 36.4 Å². The van der Waals surface area contributed by atoms with Crippen LogP contribution in [0.15, 0.2) is 18.2 Å². The Kier molecular flexibility index (Phi) is 4.05. The second-order valence-electron chi connectivity index (χ2n) is 3.57. The average Bonchev–Trinajstić information content (AvgIpc) is 2.20. The van der Waals surface area contributed by atoms with E-state index in [1.54, 1.807) is 0 Å². The first-order chi connectivity index (χ1) is 7.71. The summed E-state index contributed by atoms with van der Waals surface area (Å²) < 4.78 is 61.6. The standard InChI is InChI=1S/C10H10F5NO/c11-6-2-1-5(3-7(6)12)8(17)4-9(16)10(13,14)15/h1-3,8-9,17H,4,16H2/t8-,9+/m0/s1. The molecule has 1 rings (SSSR count). The predicted octanol–water partition coefficient (Wildman–Crippen LogP) is 2.28. The monoisotopic (exact) mass is 255 g/mol. The van der Waals surface area contributed by atoms with Crippen molar-refractivity contribution in [2.24, 2.45) is 5.73 Å². The lowest BCUT2D eigenvalue weighted by molar-refractivity contribution is -0.153. The number of nitrogens with two attached hydrogens (primary N) is 1. The highest BCUT2D eigenvalue weighted by atomic mass is 19.4. The number of rotatable bonds is 3. The summed E-state index contributed by atoms with van der Waals surface area (Å²) >= 11 is 0. The molecular formula is C10H10F5NO. The molecule has 0 spiro atoms. The summed E-state index contributed by atoms with van der Waals surface area (Å²) in [6, 6.07) is 0.160. The molecule has 0 radical (unpaired) electrons. The van der Waals surface area contributed by atoms with Crippen molar-refractivity contribution in [2.45, 2.75) is 24.7 Å². The van der Waals surface area contributed by atoms with Crippen LogP contribution in [0.5, 0.6) is 0 Å². The van der Waals surface area contributed by atoms with Gasteiger partial charge in [0.05, 0.1) is 6.10 Å². The fourth-order valence-electron chi connectivity index (χ4n) is 1.23. The van der Waals surface area contributed by atoms with Gasteiger partial charge in [0.2, 0.25) is 0 Å². The van der Waals surface area contributed by atoms with Gasteiger partial charge < -0.3 is 10.8 Å². The minimum absolute atomic E-state index is 0.149. The van der Waals surface area contributed by atoms with E-state index in [1.165, 1.54) is 0 Å². The lowest BCUT2D eigenvalue weighted by Crippen LogP contribution is -2.38. The van der Waals surface area contributed by atoms with Gasteiger partial charge in [0.1, 0.15) is 6.04 Å². The first-order valence-electron chi connectivity index (χ1n) is 4.67. The van der Waals surface area contributed by atoms with Crippen LogP contribution < -0.4 is 5.73 Å². The predicted molar refractivity (Wildman–Crippen MR) is 50.0 cm³/mol. The van der Waals surface area contributed by atoms with Crippen LogP contribution in [0.1, 0.15) is 18.1 Å². The van der Waals surface area contributed by atoms with Gasteiger partial charge in [-0.05, 0) is 17.7 Å². The van der Waals surface area contributed by atoms with Crippen molar-refractivity contribution in [3.8, 4) is 0 Å². The minimum atomic E-state index is -4.64. The van der Waals surface area contributed by atoms with Crippen LogP contribution >= 0.6 is 0 Å². The van der Waals surface area contributed by atoms with Gasteiger partial charge in [0.25, 0.3) is 0 Å². The zero-order valence-corrected chi connectivity index (χ0v) is 8.51. The van der Waals surface area contributed by atoms with Crippen molar-refractivity contribution in [3.05, 3.63) is 35.4 Å². The summed E-state index contributed by atoms with van der Waals surface area (Å²) in [6.45, 7) is 0. The summed E-state index contributed by atoms with van der Waals surface area (Å²) in [5, 5.41) is 9.40. The Bertz CT molecular complexity index is 393. The summed E-state index contributed by atoms with van der Waals surface area (Å²) in [7, 11) is 0. The first kappa shape index (κ1) is 13.9. The molecule has 7 heteroatoms. The molecule has 96 valence electrons. The fraction of sp³-hybridized carbons (Fsp3) is 0.400. The molecule has 0 aliphatic heterocycles. The van der Waals surface area contributed by atoms with E-state index in [0.29, 0.717) is 6.07 Å². The average molecular weight is 255 g/mol. The molecule has 2 nitrogen and oxygen atoms in total. The smallest absolute Gasteiger partial charge is 0.388 e. The molecule has 0 saturated carbocycles. The first-order valence-corrected chi connectivity index (χ1v) is 4.67. The van der Waals surface area contributed by atoms with Gasteiger partial charge in [-0.3, -0.25) is 0 Å². The second kappa shape index (κ2) is 4.97. The zero-order chi connectivity index (χ0) is 13.2. The quantitative estimate of drug-likeness (QED) is 0.814. The molecular weight excluding hydrogens is 245 g/mol. The Hall–Kier alpha value is -1.21. The normalized spacial score (nSPS) is 15.7. The van der Waals surface area contributed by atoms with Gasteiger partial charge in [-0.15, -0.1) is 0 Å². The third kappa shape index (κ3) is 3.64. The zero-order valence-electron chi connectivity index (χ0n) is 8.51. The lowest BCUT2D eigenvalue weighted by atomic mass is 10.0. The van der Waals surface area contributed by atoms with E-state index in [1.807, 2.05) is 0 Å². The van der Waals surface area contributed by atoms with Crippen LogP contribution in [0.4, 0.5) is 22.0 Å².